The molecular formula is C19H18N2O. The number of aromatic amines is 1. The van der Waals surface area contributed by atoms with Crippen LogP contribution in [0.2, 0.25) is 0 Å². The Morgan fingerprint density at radius 3 is 2.68 bits per heavy atom. The zero-order chi connectivity index (χ0) is 15.3. The summed E-state index contributed by atoms with van der Waals surface area (Å²) >= 11 is 0. The molecule has 0 aliphatic carbocycles. The van der Waals surface area contributed by atoms with Gasteiger partial charge in [-0.3, -0.25) is 4.79 Å². The number of nitrogens with one attached hydrogen (secondary N) is 2. The van der Waals surface area contributed by atoms with E-state index in [9.17, 15) is 4.79 Å². The molecule has 0 spiro atoms. The maximum Gasteiger partial charge on any atom is 0.252 e. The predicted octanol–water partition coefficient (Wildman–Crippen LogP) is 3.87. The molecule has 1 atom stereocenters. The molecule has 1 aliphatic heterocycles. The van der Waals surface area contributed by atoms with Crippen LogP contribution in [0.1, 0.15) is 40.4 Å². The SMILES string of the molecule is CC[C@@]1(c2c[nH]c3cccc(C)c23)NC(=O)c2ccccc21. The van der Waals surface area contributed by atoms with Crippen molar-refractivity contribution in [3.8, 4) is 0 Å². The van der Waals surface area contributed by atoms with Crippen LogP contribution in [0.5, 0.6) is 0 Å². The minimum absolute atomic E-state index is 0.0142. The summed E-state index contributed by atoms with van der Waals surface area (Å²) < 4.78 is 0. The van der Waals surface area contributed by atoms with Crippen LogP contribution in [-0.4, -0.2) is 10.9 Å². The molecule has 1 amide bonds. The average molecular weight is 290 g/mol. The first-order valence-corrected chi connectivity index (χ1v) is 7.66. The molecule has 3 nitrogen and oxygen atoms in total. The summed E-state index contributed by atoms with van der Waals surface area (Å²) in [6, 6.07) is 14.1. The van der Waals surface area contributed by atoms with Crippen LogP contribution in [0.25, 0.3) is 10.9 Å². The Morgan fingerprint density at radius 2 is 1.86 bits per heavy atom. The summed E-state index contributed by atoms with van der Waals surface area (Å²) in [5.41, 5.74) is 4.90. The molecule has 3 heteroatoms. The Morgan fingerprint density at radius 1 is 1.05 bits per heavy atom. The lowest BCUT2D eigenvalue weighted by Gasteiger charge is -2.29. The summed E-state index contributed by atoms with van der Waals surface area (Å²) in [4.78, 5) is 15.8. The molecule has 2 aromatic carbocycles. The van der Waals surface area contributed by atoms with Crippen LogP contribution in [0.15, 0.2) is 48.7 Å². The van der Waals surface area contributed by atoms with Gasteiger partial charge in [0.05, 0.1) is 5.54 Å². The number of amides is 1. The van der Waals surface area contributed by atoms with Gasteiger partial charge >= 0.3 is 0 Å². The first-order chi connectivity index (χ1) is 10.7. The van der Waals surface area contributed by atoms with E-state index in [0.29, 0.717) is 0 Å². The molecule has 2 N–H and O–H groups in total. The van der Waals surface area contributed by atoms with Gasteiger partial charge in [0.1, 0.15) is 0 Å². The smallest absolute Gasteiger partial charge is 0.252 e. The zero-order valence-electron chi connectivity index (χ0n) is 12.7. The van der Waals surface area contributed by atoms with Crippen LogP contribution in [0.3, 0.4) is 0 Å². The van der Waals surface area contributed by atoms with Gasteiger partial charge in [-0.25, -0.2) is 0 Å². The fraction of sp³-hybridized carbons (Fsp3) is 0.211. The maximum absolute atomic E-state index is 12.4. The number of benzene rings is 2. The summed E-state index contributed by atoms with van der Waals surface area (Å²) in [5.74, 6) is 0.0142. The van der Waals surface area contributed by atoms with E-state index in [1.54, 1.807) is 0 Å². The summed E-state index contributed by atoms with van der Waals surface area (Å²) in [7, 11) is 0. The summed E-state index contributed by atoms with van der Waals surface area (Å²) in [6.45, 7) is 4.24. The molecule has 110 valence electrons. The zero-order valence-corrected chi connectivity index (χ0v) is 12.7. The molecule has 0 saturated heterocycles. The van der Waals surface area contributed by atoms with Gasteiger partial charge in [0.2, 0.25) is 0 Å². The van der Waals surface area contributed by atoms with Crippen LogP contribution < -0.4 is 5.32 Å². The lowest BCUT2D eigenvalue weighted by atomic mass is 9.81. The third-order valence-corrected chi connectivity index (χ3v) is 4.86. The van der Waals surface area contributed by atoms with E-state index < -0.39 is 5.54 Å². The topological polar surface area (TPSA) is 44.9 Å². The number of rotatable bonds is 2. The first-order valence-electron chi connectivity index (χ1n) is 7.66. The Kier molecular flexibility index (Phi) is 2.67. The molecule has 0 radical (unpaired) electrons. The highest BCUT2D eigenvalue weighted by Crippen LogP contribution is 2.43. The van der Waals surface area contributed by atoms with E-state index in [1.807, 2.05) is 24.4 Å². The van der Waals surface area contributed by atoms with Crippen molar-refractivity contribution in [2.24, 2.45) is 0 Å². The maximum atomic E-state index is 12.4. The van der Waals surface area contributed by atoms with E-state index in [2.05, 4.69) is 48.4 Å². The quantitative estimate of drug-likeness (QED) is 0.739. The monoisotopic (exact) mass is 290 g/mol. The van der Waals surface area contributed by atoms with Crippen molar-refractivity contribution in [3.63, 3.8) is 0 Å². The lowest BCUT2D eigenvalue weighted by molar-refractivity contribution is 0.0939. The largest absolute Gasteiger partial charge is 0.361 e. The van der Waals surface area contributed by atoms with Crippen molar-refractivity contribution in [1.29, 1.82) is 0 Å². The fourth-order valence-electron chi connectivity index (χ4n) is 3.77. The van der Waals surface area contributed by atoms with Crippen molar-refractivity contribution in [1.82, 2.24) is 10.3 Å². The van der Waals surface area contributed by atoms with Gasteiger partial charge < -0.3 is 10.3 Å². The normalized spacial score (nSPS) is 20.2. The van der Waals surface area contributed by atoms with Crippen molar-refractivity contribution in [2.45, 2.75) is 25.8 Å². The molecular weight excluding hydrogens is 272 g/mol. The standard InChI is InChI=1S/C19H18N2O/c1-3-19(14-9-5-4-8-13(14)18(22)21-19)15-11-20-16-10-6-7-12(2)17(15)16/h4-11,20H,3H2,1-2H3,(H,21,22)/t19-/m1/s1. The molecule has 4 rings (SSSR count). The van der Waals surface area contributed by atoms with Crippen LogP contribution >= 0.6 is 0 Å². The van der Waals surface area contributed by atoms with Gasteiger partial charge in [0.15, 0.2) is 0 Å². The van der Waals surface area contributed by atoms with Gasteiger partial charge in [-0.05, 0) is 36.6 Å². The van der Waals surface area contributed by atoms with E-state index >= 15 is 0 Å². The van der Waals surface area contributed by atoms with E-state index in [1.165, 1.54) is 10.9 Å². The molecule has 0 bridgehead atoms. The molecule has 0 fully saturated rings. The van der Waals surface area contributed by atoms with Crippen LogP contribution in [0.4, 0.5) is 0 Å². The molecule has 0 saturated carbocycles. The number of carbonyl (C=O) groups excluding carboxylic acids is 1. The van der Waals surface area contributed by atoms with Gasteiger partial charge in [-0.15, -0.1) is 0 Å². The average Bonchev–Trinajstić information content (AvgIpc) is 3.09. The number of fused-ring (bicyclic) bond motifs is 2. The van der Waals surface area contributed by atoms with Crippen molar-refractivity contribution in [3.05, 3.63) is 70.9 Å². The van der Waals surface area contributed by atoms with E-state index in [0.717, 1.165) is 28.6 Å². The predicted molar refractivity (Wildman–Crippen MR) is 88.0 cm³/mol. The number of hydrogen-bond donors (Lipinski definition) is 2. The van der Waals surface area contributed by atoms with E-state index in [4.69, 9.17) is 0 Å². The van der Waals surface area contributed by atoms with Crippen molar-refractivity contribution in [2.75, 3.05) is 0 Å². The summed E-state index contributed by atoms with van der Waals surface area (Å²) in [5, 5.41) is 4.45. The summed E-state index contributed by atoms with van der Waals surface area (Å²) in [6.07, 6.45) is 2.86. The van der Waals surface area contributed by atoms with Gasteiger partial charge in [0, 0.05) is 28.2 Å². The Balaban J connectivity index is 2.06. The first kappa shape index (κ1) is 13.1. The molecule has 3 aromatic rings. The second kappa shape index (κ2) is 4.47. The third-order valence-electron chi connectivity index (χ3n) is 4.86. The van der Waals surface area contributed by atoms with Crippen LogP contribution in [0, 0.1) is 6.92 Å². The van der Waals surface area contributed by atoms with Crippen molar-refractivity contribution < 1.29 is 4.79 Å². The molecule has 0 unspecified atom stereocenters. The fourth-order valence-corrected chi connectivity index (χ4v) is 3.77. The Bertz CT molecular complexity index is 893. The number of aromatic nitrogens is 1. The number of H-pyrrole nitrogens is 1. The van der Waals surface area contributed by atoms with Crippen molar-refractivity contribution >= 4 is 16.8 Å². The second-order valence-electron chi connectivity index (χ2n) is 5.96. The van der Waals surface area contributed by atoms with E-state index in [-0.39, 0.29) is 5.91 Å². The number of aryl methyl sites for hydroxylation is 1. The van der Waals surface area contributed by atoms with Gasteiger partial charge in [0.25, 0.3) is 5.91 Å². The molecule has 22 heavy (non-hydrogen) atoms. The molecule has 1 aromatic heterocycles. The van der Waals surface area contributed by atoms with Crippen LogP contribution in [-0.2, 0) is 5.54 Å². The Labute approximate surface area is 129 Å². The highest BCUT2D eigenvalue weighted by Gasteiger charge is 2.44. The highest BCUT2D eigenvalue weighted by atomic mass is 16.2. The third kappa shape index (κ3) is 1.54. The minimum Gasteiger partial charge on any atom is -0.361 e. The van der Waals surface area contributed by atoms with Gasteiger partial charge in [-0.2, -0.15) is 0 Å². The number of hydrogen-bond acceptors (Lipinski definition) is 1. The minimum atomic E-state index is -0.446. The van der Waals surface area contributed by atoms with Gasteiger partial charge in [-0.1, -0.05) is 37.3 Å². The molecule has 1 aliphatic rings. The highest BCUT2D eigenvalue weighted by molar-refractivity contribution is 6.02. The lowest BCUT2D eigenvalue weighted by Crippen LogP contribution is -2.39. The molecule has 2 heterocycles. The number of carbonyl (C=O) groups is 1. The Hall–Kier alpha value is -2.55. The second-order valence-corrected chi connectivity index (χ2v) is 5.96.